The Morgan fingerprint density at radius 3 is 2.00 bits per heavy atom. The van der Waals surface area contributed by atoms with Crippen molar-refractivity contribution in [2.75, 3.05) is 13.1 Å². The minimum Gasteiger partial charge on any atom is -0.444 e. The molecule has 8 heteroatoms. The third-order valence-corrected chi connectivity index (χ3v) is 3.87. The first kappa shape index (κ1) is 20.6. The van der Waals surface area contributed by atoms with Crippen molar-refractivity contribution in [1.29, 1.82) is 0 Å². The van der Waals surface area contributed by atoms with E-state index in [1.54, 1.807) is 34.6 Å². The Labute approximate surface area is 140 Å². The molecule has 1 atom stereocenters. The number of hydrogen-bond donors (Lipinski definition) is 1. The van der Waals surface area contributed by atoms with Crippen molar-refractivity contribution in [1.82, 2.24) is 10.2 Å². The Morgan fingerprint density at radius 1 is 1.12 bits per heavy atom. The lowest BCUT2D eigenvalue weighted by molar-refractivity contribution is -0.186. The van der Waals surface area contributed by atoms with E-state index in [1.807, 2.05) is 0 Å². The lowest BCUT2D eigenvalue weighted by atomic mass is 9.94. The lowest BCUT2D eigenvalue weighted by Gasteiger charge is -2.36. The van der Waals surface area contributed by atoms with Gasteiger partial charge in [-0.05, 0) is 39.5 Å². The van der Waals surface area contributed by atoms with Gasteiger partial charge in [0, 0.05) is 13.1 Å². The second-order valence-electron chi connectivity index (χ2n) is 7.51. The Kier molecular flexibility index (Phi) is 6.52. The number of ether oxygens (including phenoxy) is 1. The molecule has 5 nitrogen and oxygen atoms in total. The third-order valence-electron chi connectivity index (χ3n) is 3.87. The topological polar surface area (TPSA) is 58.6 Å². The summed E-state index contributed by atoms with van der Waals surface area (Å²) in [6.45, 7) is 8.75. The monoisotopic (exact) mass is 352 g/mol. The highest BCUT2D eigenvalue weighted by Crippen LogP contribution is 2.34. The minimum atomic E-state index is -4.22. The molecule has 140 valence electrons. The van der Waals surface area contributed by atoms with Crippen molar-refractivity contribution in [3.8, 4) is 0 Å². The second-order valence-corrected chi connectivity index (χ2v) is 7.51. The molecule has 1 N–H and O–H groups in total. The lowest BCUT2D eigenvalue weighted by Crippen LogP contribution is -2.54. The summed E-state index contributed by atoms with van der Waals surface area (Å²) >= 11 is 0. The first-order valence-electron chi connectivity index (χ1n) is 8.16. The summed E-state index contributed by atoms with van der Waals surface area (Å²) in [7, 11) is 0. The first-order valence-corrected chi connectivity index (χ1v) is 8.16. The number of amides is 2. The highest BCUT2D eigenvalue weighted by Gasteiger charge is 2.42. The maximum Gasteiger partial charge on any atom is 0.408 e. The molecule has 0 aromatic carbocycles. The summed E-state index contributed by atoms with van der Waals surface area (Å²) in [5, 5.41) is 2.54. The van der Waals surface area contributed by atoms with Crippen LogP contribution in [0.4, 0.5) is 18.0 Å². The molecular weight excluding hydrogens is 325 g/mol. The molecule has 0 aromatic heterocycles. The van der Waals surface area contributed by atoms with Crippen LogP contribution in [0.1, 0.15) is 47.5 Å². The maximum absolute atomic E-state index is 12.7. The largest absolute Gasteiger partial charge is 0.444 e. The fourth-order valence-electron chi connectivity index (χ4n) is 2.57. The molecule has 1 heterocycles. The number of halogens is 3. The average molecular weight is 352 g/mol. The summed E-state index contributed by atoms with van der Waals surface area (Å²) in [5.41, 5.74) is -0.695. The van der Waals surface area contributed by atoms with Gasteiger partial charge in [0.2, 0.25) is 5.91 Å². The van der Waals surface area contributed by atoms with Crippen LogP contribution >= 0.6 is 0 Å². The van der Waals surface area contributed by atoms with Gasteiger partial charge >= 0.3 is 12.3 Å². The number of hydrogen-bond acceptors (Lipinski definition) is 3. The van der Waals surface area contributed by atoms with Gasteiger partial charge in [-0.15, -0.1) is 0 Å². The number of rotatable bonds is 3. The Morgan fingerprint density at radius 2 is 1.62 bits per heavy atom. The van der Waals surface area contributed by atoms with Crippen LogP contribution in [0.15, 0.2) is 0 Å². The summed E-state index contributed by atoms with van der Waals surface area (Å²) in [6, 6.07) is -0.817. The minimum absolute atomic E-state index is 0.0439. The molecule has 0 unspecified atom stereocenters. The molecule has 1 aliphatic rings. The molecule has 24 heavy (non-hydrogen) atoms. The fraction of sp³-hybridized carbons (Fsp3) is 0.875. The first-order chi connectivity index (χ1) is 10.8. The molecule has 1 fully saturated rings. The maximum atomic E-state index is 12.7. The van der Waals surface area contributed by atoms with Crippen LogP contribution in [0, 0.1) is 11.8 Å². The van der Waals surface area contributed by atoms with Crippen molar-refractivity contribution in [3.05, 3.63) is 0 Å². The van der Waals surface area contributed by atoms with Gasteiger partial charge in [-0.25, -0.2) is 4.79 Å². The zero-order valence-electron chi connectivity index (χ0n) is 14.9. The highest BCUT2D eigenvalue weighted by molar-refractivity contribution is 5.86. The Hall–Kier alpha value is -1.47. The summed E-state index contributed by atoms with van der Waals surface area (Å²) < 4.78 is 43.3. The van der Waals surface area contributed by atoms with Gasteiger partial charge in [0.15, 0.2) is 0 Å². The Bertz CT molecular complexity index is 450. The highest BCUT2D eigenvalue weighted by atomic mass is 19.4. The standard InChI is InChI=1S/C16H27F3N2O3/c1-10(2)12(20-14(23)24-15(3,4)5)13(22)21-8-6-11(7-9-21)16(17,18)19/h10-12H,6-9H2,1-5H3,(H,20,23)/t12-/m0/s1. The number of nitrogens with one attached hydrogen (secondary N) is 1. The van der Waals surface area contributed by atoms with Crippen molar-refractivity contribution in [2.45, 2.75) is 65.3 Å². The number of likely N-dealkylation sites (tertiary alicyclic amines) is 1. The molecule has 1 saturated heterocycles. The van der Waals surface area contributed by atoms with E-state index in [0.717, 1.165) is 0 Å². The predicted octanol–water partition coefficient (Wildman–Crippen LogP) is 3.34. The smallest absolute Gasteiger partial charge is 0.408 e. The van der Waals surface area contributed by atoms with Crippen molar-refractivity contribution in [3.63, 3.8) is 0 Å². The van der Waals surface area contributed by atoms with Gasteiger partial charge < -0.3 is 15.0 Å². The van der Waals surface area contributed by atoms with Crippen molar-refractivity contribution < 1.29 is 27.5 Å². The van der Waals surface area contributed by atoms with Crippen LogP contribution in [0.5, 0.6) is 0 Å². The molecule has 1 rings (SSSR count). The number of carbonyl (C=O) groups excluding carboxylic acids is 2. The van der Waals surface area contributed by atoms with E-state index in [-0.39, 0.29) is 37.8 Å². The zero-order chi connectivity index (χ0) is 18.7. The van der Waals surface area contributed by atoms with Crippen LogP contribution in [0.25, 0.3) is 0 Å². The van der Waals surface area contributed by atoms with E-state index in [0.29, 0.717) is 0 Å². The Balaban J connectivity index is 2.67. The number of nitrogens with zero attached hydrogens (tertiary/aromatic N) is 1. The van der Waals surface area contributed by atoms with Crippen LogP contribution < -0.4 is 5.32 Å². The van der Waals surface area contributed by atoms with Crippen LogP contribution in [0.2, 0.25) is 0 Å². The number of alkyl halides is 3. The summed E-state index contributed by atoms with van der Waals surface area (Å²) in [5.74, 6) is -1.93. The fourth-order valence-corrected chi connectivity index (χ4v) is 2.57. The van der Waals surface area contributed by atoms with Gasteiger partial charge in [-0.2, -0.15) is 13.2 Å². The third kappa shape index (κ3) is 6.20. The van der Waals surface area contributed by atoms with Gasteiger partial charge in [0.1, 0.15) is 11.6 Å². The van der Waals surface area contributed by atoms with Gasteiger partial charge in [0.05, 0.1) is 5.92 Å². The summed E-state index contributed by atoms with van der Waals surface area (Å²) in [6.07, 6.45) is -5.14. The van der Waals surface area contributed by atoms with E-state index in [1.165, 1.54) is 4.90 Å². The quantitative estimate of drug-likeness (QED) is 0.847. The van der Waals surface area contributed by atoms with Gasteiger partial charge in [-0.3, -0.25) is 4.79 Å². The van der Waals surface area contributed by atoms with E-state index in [4.69, 9.17) is 4.74 Å². The van der Waals surface area contributed by atoms with E-state index in [9.17, 15) is 22.8 Å². The van der Waals surface area contributed by atoms with Gasteiger partial charge in [-0.1, -0.05) is 13.8 Å². The van der Waals surface area contributed by atoms with Crippen LogP contribution in [-0.4, -0.2) is 47.8 Å². The molecule has 0 bridgehead atoms. The van der Waals surface area contributed by atoms with Crippen molar-refractivity contribution >= 4 is 12.0 Å². The molecule has 0 radical (unpaired) electrons. The van der Waals surface area contributed by atoms with E-state index in [2.05, 4.69) is 5.32 Å². The average Bonchev–Trinajstić information content (AvgIpc) is 2.41. The molecule has 0 spiro atoms. The van der Waals surface area contributed by atoms with Crippen molar-refractivity contribution in [2.24, 2.45) is 11.8 Å². The molecule has 0 saturated carbocycles. The predicted molar refractivity (Wildman–Crippen MR) is 83.4 cm³/mol. The molecule has 1 aliphatic heterocycles. The molecule has 2 amide bonds. The zero-order valence-corrected chi connectivity index (χ0v) is 14.9. The SMILES string of the molecule is CC(C)[C@H](NC(=O)OC(C)(C)C)C(=O)N1CCC(C(F)(F)F)CC1. The number of carbonyl (C=O) groups is 2. The van der Waals surface area contributed by atoms with Crippen LogP contribution in [-0.2, 0) is 9.53 Å². The van der Waals surface area contributed by atoms with Crippen LogP contribution in [0.3, 0.4) is 0 Å². The number of alkyl carbamates (subject to hydrolysis) is 1. The normalized spacial score (nSPS) is 18.5. The summed E-state index contributed by atoms with van der Waals surface area (Å²) in [4.78, 5) is 25.9. The van der Waals surface area contributed by atoms with E-state index < -0.39 is 29.8 Å². The second kappa shape index (κ2) is 7.61. The molecular formula is C16H27F3N2O3. The van der Waals surface area contributed by atoms with E-state index >= 15 is 0 Å². The molecule has 0 aromatic rings. The molecule has 0 aliphatic carbocycles. The number of piperidine rings is 1. The van der Waals surface area contributed by atoms with Gasteiger partial charge in [0.25, 0.3) is 0 Å².